The fourth-order valence-corrected chi connectivity index (χ4v) is 3.88. The zero-order valence-corrected chi connectivity index (χ0v) is 8.81. The Hall–Kier alpha value is 0.690. The number of halogens is 1. The van der Waals surface area contributed by atoms with Crippen LogP contribution in [0.25, 0.3) is 0 Å². The molecule has 0 amide bonds. The summed E-state index contributed by atoms with van der Waals surface area (Å²) in [6.07, 6.45) is 4.46. The van der Waals surface area contributed by atoms with Crippen molar-refractivity contribution in [2.45, 2.75) is 43.1 Å². The van der Waals surface area contributed by atoms with Crippen LogP contribution in [0, 0.1) is 5.41 Å². The van der Waals surface area contributed by atoms with Crippen LogP contribution in [-0.2, 0) is 0 Å². The third-order valence-corrected chi connectivity index (χ3v) is 3.01. The first-order chi connectivity index (χ1) is 4.47. The number of aliphatic hydroxyl groups is 1. The van der Waals surface area contributed by atoms with E-state index in [9.17, 15) is 5.11 Å². The van der Waals surface area contributed by atoms with E-state index in [0.29, 0.717) is 5.41 Å². The fourth-order valence-electron chi connectivity index (χ4n) is 2.04. The van der Waals surface area contributed by atoms with Crippen LogP contribution < -0.4 is 0 Å². The molecule has 0 saturated heterocycles. The van der Waals surface area contributed by atoms with Gasteiger partial charge in [-0.1, -0.05) is 20.3 Å². The molecule has 1 saturated carbocycles. The van der Waals surface area contributed by atoms with Crippen LogP contribution in [-0.4, -0.2) is 8.71 Å². The number of hydrogen-bond acceptors (Lipinski definition) is 1. The normalized spacial score (nSPS) is 46.8. The van der Waals surface area contributed by atoms with Gasteiger partial charge in [0, 0.05) is 0 Å². The van der Waals surface area contributed by atoms with E-state index in [1.165, 1.54) is 12.8 Å². The van der Waals surface area contributed by atoms with Gasteiger partial charge in [0.25, 0.3) is 0 Å². The average molecular weight is 254 g/mol. The van der Waals surface area contributed by atoms with Crippen LogP contribution in [0.4, 0.5) is 0 Å². The summed E-state index contributed by atoms with van der Waals surface area (Å²) in [6.45, 7) is 4.47. The highest BCUT2D eigenvalue weighted by Crippen LogP contribution is 2.54. The summed E-state index contributed by atoms with van der Waals surface area (Å²) in [5.74, 6) is 0. The van der Waals surface area contributed by atoms with Crippen molar-refractivity contribution in [3.63, 3.8) is 0 Å². The van der Waals surface area contributed by atoms with Crippen molar-refractivity contribution in [1.82, 2.24) is 0 Å². The highest BCUT2D eigenvalue weighted by molar-refractivity contribution is 14.1. The number of hydrogen-bond donors (Lipinski definition) is 1. The Morgan fingerprint density at radius 3 is 2.30 bits per heavy atom. The highest BCUT2D eigenvalue weighted by atomic mass is 127. The lowest BCUT2D eigenvalue weighted by Crippen LogP contribution is -2.45. The molecule has 1 fully saturated rings. The monoisotopic (exact) mass is 254 g/mol. The minimum atomic E-state index is -0.373. The van der Waals surface area contributed by atoms with Crippen LogP contribution in [0.2, 0.25) is 0 Å². The summed E-state index contributed by atoms with van der Waals surface area (Å²) < 4.78 is -0.373. The summed E-state index contributed by atoms with van der Waals surface area (Å²) in [6, 6.07) is 0. The summed E-state index contributed by atoms with van der Waals surface area (Å²) >= 11 is 2.15. The molecule has 0 aromatic heterocycles. The van der Waals surface area contributed by atoms with Gasteiger partial charge >= 0.3 is 0 Å². The molecule has 0 bridgehead atoms. The van der Waals surface area contributed by atoms with E-state index in [-0.39, 0.29) is 3.61 Å². The quantitative estimate of drug-likeness (QED) is 0.593. The topological polar surface area (TPSA) is 20.2 Å². The van der Waals surface area contributed by atoms with Gasteiger partial charge in [-0.05, 0) is 47.3 Å². The van der Waals surface area contributed by atoms with Gasteiger partial charge in [-0.25, -0.2) is 0 Å². The molecule has 60 valence electrons. The van der Waals surface area contributed by atoms with Crippen molar-refractivity contribution in [3.8, 4) is 0 Å². The van der Waals surface area contributed by atoms with E-state index in [1.54, 1.807) is 0 Å². The lowest BCUT2D eigenvalue weighted by molar-refractivity contribution is -0.0396. The highest BCUT2D eigenvalue weighted by Gasteiger charge is 2.48. The molecule has 0 aromatic carbocycles. The van der Waals surface area contributed by atoms with Crippen molar-refractivity contribution in [2.75, 3.05) is 0 Å². The van der Waals surface area contributed by atoms with E-state index in [1.807, 2.05) is 0 Å². The largest absolute Gasteiger partial charge is 0.380 e. The molecular weight excluding hydrogens is 239 g/mol. The molecule has 1 N–H and O–H groups in total. The Morgan fingerprint density at radius 2 is 2.00 bits per heavy atom. The van der Waals surface area contributed by atoms with Gasteiger partial charge in [0.15, 0.2) is 0 Å². The van der Waals surface area contributed by atoms with Gasteiger partial charge in [0.05, 0.1) is 0 Å². The van der Waals surface area contributed by atoms with Crippen molar-refractivity contribution in [2.24, 2.45) is 5.41 Å². The van der Waals surface area contributed by atoms with Crippen molar-refractivity contribution in [1.29, 1.82) is 0 Å². The predicted octanol–water partition coefficient (Wildman–Crippen LogP) is 2.71. The van der Waals surface area contributed by atoms with Crippen molar-refractivity contribution in [3.05, 3.63) is 0 Å². The van der Waals surface area contributed by atoms with Gasteiger partial charge in [-0.3, -0.25) is 0 Å². The van der Waals surface area contributed by atoms with E-state index < -0.39 is 0 Å². The molecule has 2 heteroatoms. The van der Waals surface area contributed by atoms with Gasteiger partial charge in [0.2, 0.25) is 0 Å². The molecule has 0 heterocycles. The first kappa shape index (κ1) is 8.78. The predicted molar refractivity (Wildman–Crippen MR) is 51.2 cm³/mol. The minimum absolute atomic E-state index is 0.373. The maximum Gasteiger partial charge on any atom is 0.116 e. The Morgan fingerprint density at radius 1 is 1.50 bits per heavy atom. The zero-order valence-electron chi connectivity index (χ0n) is 6.65. The van der Waals surface area contributed by atoms with Gasteiger partial charge in [-0.2, -0.15) is 0 Å². The molecule has 0 spiro atoms. The van der Waals surface area contributed by atoms with Crippen LogP contribution >= 0.6 is 22.6 Å². The Kier molecular flexibility index (Phi) is 2.31. The van der Waals surface area contributed by atoms with E-state index >= 15 is 0 Å². The second-order valence-corrected chi connectivity index (χ2v) is 5.84. The average Bonchev–Trinajstić information content (AvgIpc) is 1.58. The lowest BCUT2D eigenvalue weighted by atomic mass is 9.66. The van der Waals surface area contributed by atoms with Crippen molar-refractivity contribution >= 4 is 22.6 Å². The number of alkyl halides is 1. The first-order valence-corrected chi connectivity index (χ1v) is 4.97. The smallest absolute Gasteiger partial charge is 0.116 e. The maximum atomic E-state index is 9.46. The van der Waals surface area contributed by atoms with Crippen LogP contribution in [0.3, 0.4) is 0 Å². The number of rotatable bonds is 2. The summed E-state index contributed by atoms with van der Waals surface area (Å²) in [4.78, 5) is 0. The molecular formula is C8H15IO. The van der Waals surface area contributed by atoms with Gasteiger partial charge in [0.1, 0.15) is 3.61 Å². The Bertz CT molecular complexity index is 123. The van der Waals surface area contributed by atoms with E-state index in [2.05, 4.69) is 36.4 Å². The summed E-state index contributed by atoms with van der Waals surface area (Å²) in [7, 11) is 0. The molecule has 1 aliphatic carbocycles. The molecule has 1 rings (SSSR count). The molecule has 0 aromatic rings. The third kappa shape index (κ3) is 1.84. The molecule has 10 heavy (non-hydrogen) atoms. The van der Waals surface area contributed by atoms with Crippen molar-refractivity contribution < 1.29 is 5.11 Å². The molecule has 1 aliphatic rings. The SMILES string of the molecule is CCCC1(C)CC(O)(I)C1. The zero-order chi connectivity index (χ0) is 7.83. The lowest BCUT2D eigenvalue weighted by Gasteiger charge is -2.48. The first-order valence-electron chi connectivity index (χ1n) is 3.89. The van der Waals surface area contributed by atoms with Gasteiger partial charge < -0.3 is 5.11 Å². The Labute approximate surface area is 76.3 Å². The van der Waals surface area contributed by atoms with E-state index in [4.69, 9.17) is 0 Å². The van der Waals surface area contributed by atoms with Gasteiger partial charge in [-0.15, -0.1) is 0 Å². The second kappa shape index (κ2) is 2.63. The molecule has 1 nitrogen and oxygen atoms in total. The molecule has 0 aliphatic heterocycles. The van der Waals surface area contributed by atoms with Crippen LogP contribution in [0.15, 0.2) is 0 Å². The maximum absolute atomic E-state index is 9.46. The minimum Gasteiger partial charge on any atom is -0.380 e. The molecule has 0 unspecified atom stereocenters. The standard InChI is InChI=1S/C8H15IO/c1-3-4-7(2)5-8(9,10)6-7/h10H,3-6H2,1-2H3. The van der Waals surface area contributed by atoms with E-state index in [0.717, 1.165) is 12.8 Å². The summed E-state index contributed by atoms with van der Waals surface area (Å²) in [5, 5.41) is 9.46. The fraction of sp³-hybridized carbons (Fsp3) is 1.00. The van der Waals surface area contributed by atoms with Crippen LogP contribution in [0.5, 0.6) is 0 Å². The van der Waals surface area contributed by atoms with Crippen LogP contribution in [0.1, 0.15) is 39.5 Å². The third-order valence-electron chi connectivity index (χ3n) is 2.25. The molecule has 0 radical (unpaired) electrons. The summed E-state index contributed by atoms with van der Waals surface area (Å²) in [5.41, 5.74) is 0.449. The second-order valence-electron chi connectivity index (χ2n) is 3.83. The Balaban J connectivity index is 2.34. The molecule has 0 atom stereocenters.